The standard InChI is InChI=1S/C14H16Br2N2O3/c1-4-18(7-8(2)3)14(21)17-12-10(13(19)20)5-9(15)6-11(12)16/h5-6H,2,4,7H2,1,3H3,(H,17,21)(H,19,20). The number of carbonyl (C=O) groups excluding carboxylic acids is 1. The van der Waals surface area contributed by atoms with Gasteiger partial charge in [0.15, 0.2) is 0 Å². The maximum atomic E-state index is 12.2. The Morgan fingerprint density at radius 2 is 2.00 bits per heavy atom. The number of urea groups is 1. The topological polar surface area (TPSA) is 69.6 Å². The number of nitrogens with one attached hydrogen (secondary N) is 1. The van der Waals surface area contributed by atoms with Gasteiger partial charge in [-0.25, -0.2) is 9.59 Å². The van der Waals surface area contributed by atoms with Crippen LogP contribution in [0.4, 0.5) is 10.5 Å². The maximum absolute atomic E-state index is 12.2. The molecular weight excluding hydrogens is 404 g/mol. The van der Waals surface area contributed by atoms with Crippen molar-refractivity contribution in [3.63, 3.8) is 0 Å². The van der Waals surface area contributed by atoms with Gasteiger partial charge >= 0.3 is 12.0 Å². The molecule has 5 nitrogen and oxygen atoms in total. The highest BCUT2D eigenvalue weighted by molar-refractivity contribution is 9.11. The number of carboxylic acids is 1. The molecule has 0 saturated heterocycles. The Kier molecular flexibility index (Phi) is 6.42. The van der Waals surface area contributed by atoms with E-state index in [4.69, 9.17) is 0 Å². The fourth-order valence-corrected chi connectivity index (χ4v) is 3.03. The van der Waals surface area contributed by atoms with Crippen LogP contribution >= 0.6 is 31.9 Å². The molecule has 0 atom stereocenters. The number of nitrogens with zero attached hydrogens (tertiary/aromatic N) is 1. The van der Waals surface area contributed by atoms with Gasteiger partial charge in [-0.05, 0) is 41.9 Å². The molecule has 1 rings (SSSR count). The molecular formula is C14H16Br2N2O3. The number of amides is 2. The minimum atomic E-state index is -1.12. The molecule has 2 amide bonds. The van der Waals surface area contributed by atoms with Crippen LogP contribution in [0.3, 0.4) is 0 Å². The highest BCUT2D eigenvalue weighted by Crippen LogP contribution is 2.31. The van der Waals surface area contributed by atoms with Crippen LogP contribution in [-0.4, -0.2) is 35.1 Å². The van der Waals surface area contributed by atoms with Gasteiger partial charge in [-0.3, -0.25) is 0 Å². The summed E-state index contributed by atoms with van der Waals surface area (Å²) in [5.74, 6) is -1.12. The number of rotatable bonds is 5. The summed E-state index contributed by atoms with van der Waals surface area (Å²) in [4.78, 5) is 25.1. The molecule has 0 saturated carbocycles. The van der Waals surface area contributed by atoms with Crippen LogP contribution in [0.15, 0.2) is 33.2 Å². The Morgan fingerprint density at radius 1 is 1.38 bits per heavy atom. The van der Waals surface area contributed by atoms with Crippen molar-refractivity contribution in [2.45, 2.75) is 13.8 Å². The Morgan fingerprint density at radius 3 is 2.48 bits per heavy atom. The lowest BCUT2D eigenvalue weighted by molar-refractivity contribution is 0.0698. The number of carboxylic acid groups (broad SMARTS) is 1. The van der Waals surface area contributed by atoms with E-state index >= 15 is 0 Å². The molecule has 21 heavy (non-hydrogen) atoms. The van der Waals surface area contributed by atoms with Crippen molar-refractivity contribution in [3.8, 4) is 0 Å². The van der Waals surface area contributed by atoms with Gasteiger partial charge in [0.1, 0.15) is 0 Å². The van der Waals surface area contributed by atoms with E-state index in [0.29, 0.717) is 22.0 Å². The average Bonchev–Trinajstić information content (AvgIpc) is 2.37. The number of carbonyl (C=O) groups is 2. The number of benzene rings is 1. The third-order valence-corrected chi connectivity index (χ3v) is 3.73. The quantitative estimate of drug-likeness (QED) is 0.697. The first-order valence-electron chi connectivity index (χ1n) is 6.18. The third kappa shape index (κ3) is 4.86. The fraction of sp³-hybridized carbons (Fsp3) is 0.286. The summed E-state index contributed by atoms with van der Waals surface area (Å²) in [6, 6.07) is 2.75. The molecule has 0 aliphatic heterocycles. The summed E-state index contributed by atoms with van der Waals surface area (Å²) >= 11 is 6.50. The smallest absolute Gasteiger partial charge is 0.337 e. The first-order chi connectivity index (χ1) is 9.76. The molecule has 0 spiro atoms. The van der Waals surface area contributed by atoms with Crippen LogP contribution in [0.5, 0.6) is 0 Å². The number of halogens is 2. The number of hydrogen-bond donors (Lipinski definition) is 2. The van der Waals surface area contributed by atoms with Gasteiger partial charge in [-0.1, -0.05) is 28.1 Å². The van der Waals surface area contributed by atoms with Gasteiger partial charge in [0, 0.05) is 22.0 Å². The highest BCUT2D eigenvalue weighted by atomic mass is 79.9. The Balaban J connectivity index is 3.09. The average molecular weight is 420 g/mol. The van der Waals surface area contributed by atoms with Crippen LogP contribution in [0, 0.1) is 0 Å². The van der Waals surface area contributed by atoms with Gasteiger partial charge in [-0.15, -0.1) is 0 Å². The van der Waals surface area contributed by atoms with Crippen molar-refractivity contribution in [1.82, 2.24) is 4.90 Å². The van der Waals surface area contributed by atoms with Crippen molar-refractivity contribution in [2.24, 2.45) is 0 Å². The molecule has 0 aromatic heterocycles. The van der Waals surface area contributed by atoms with E-state index in [9.17, 15) is 14.7 Å². The van der Waals surface area contributed by atoms with Crippen molar-refractivity contribution in [3.05, 3.63) is 38.8 Å². The number of likely N-dealkylation sites (N-methyl/N-ethyl adjacent to an activating group) is 1. The van der Waals surface area contributed by atoms with Crippen molar-refractivity contribution >= 4 is 49.5 Å². The summed E-state index contributed by atoms with van der Waals surface area (Å²) in [6.45, 7) is 8.36. The lowest BCUT2D eigenvalue weighted by Crippen LogP contribution is -2.36. The second kappa shape index (κ2) is 7.61. The Hall–Kier alpha value is -1.34. The lowest BCUT2D eigenvalue weighted by atomic mass is 10.2. The predicted molar refractivity (Wildman–Crippen MR) is 89.9 cm³/mol. The van der Waals surface area contributed by atoms with E-state index in [1.54, 1.807) is 11.0 Å². The number of aromatic carboxylic acids is 1. The molecule has 0 heterocycles. The second-order valence-electron chi connectivity index (χ2n) is 4.52. The monoisotopic (exact) mass is 418 g/mol. The van der Waals surface area contributed by atoms with Crippen LogP contribution in [0.2, 0.25) is 0 Å². The summed E-state index contributed by atoms with van der Waals surface area (Å²) in [5, 5.41) is 11.9. The molecule has 0 aliphatic carbocycles. The summed E-state index contributed by atoms with van der Waals surface area (Å²) in [7, 11) is 0. The van der Waals surface area contributed by atoms with Crippen LogP contribution in [0.25, 0.3) is 0 Å². The van der Waals surface area contributed by atoms with Gasteiger partial charge in [0.05, 0.1) is 11.3 Å². The molecule has 1 aromatic rings. The SMILES string of the molecule is C=C(C)CN(CC)C(=O)Nc1c(Br)cc(Br)cc1C(=O)O. The molecule has 0 fully saturated rings. The van der Waals surface area contributed by atoms with Gasteiger partial charge in [0.2, 0.25) is 0 Å². The number of hydrogen-bond acceptors (Lipinski definition) is 2. The molecule has 0 aliphatic rings. The van der Waals surface area contributed by atoms with Crippen molar-refractivity contribution in [2.75, 3.05) is 18.4 Å². The van der Waals surface area contributed by atoms with E-state index in [1.165, 1.54) is 6.07 Å². The second-order valence-corrected chi connectivity index (χ2v) is 6.29. The molecule has 114 valence electrons. The van der Waals surface area contributed by atoms with Crippen LogP contribution in [-0.2, 0) is 0 Å². The minimum Gasteiger partial charge on any atom is -0.478 e. The number of anilines is 1. The van der Waals surface area contributed by atoms with E-state index < -0.39 is 5.97 Å². The molecule has 0 unspecified atom stereocenters. The van der Waals surface area contributed by atoms with Gasteiger partial charge in [0.25, 0.3) is 0 Å². The highest BCUT2D eigenvalue weighted by Gasteiger charge is 2.19. The van der Waals surface area contributed by atoms with Gasteiger partial charge in [-0.2, -0.15) is 0 Å². The molecule has 1 aromatic carbocycles. The van der Waals surface area contributed by atoms with Crippen molar-refractivity contribution < 1.29 is 14.7 Å². The molecule has 0 bridgehead atoms. The van der Waals surface area contributed by atoms with Gasteiger partial charge < -0.3 is 15.3 Å². The third-order valence-electron chi connectivity index (χ3n) is 2.65. The van der Waals surface area contributed by atoms with Crippen LogP contribution < -0.4 is 5.32 Å². The maximum Gasteiger partial charge on any atom is 0.337 e. The molecule has 0 radical (unpaired) electrons. The van der Waals surface area contributed by atoms with Crippen LogP contribution in [0.1, 0.15) is 24.2 Å². The van der Waals surface area contributed by atoms with E-state index in [-0.39, 0.29) is 17.3 Å². The fourth-order valence-electron chi connectivity index (χ4n) is 1.71. The zero-order chi connectivity index (χ0) is 16.2. The first-order valence-corrected chi connectivity index (χ1v) is 7.77. The largest absolute Gasteiger partial charge is 0.478 e. The summed E-state index contributed by atoms with van der Waals surface area (Å²) in [5.41, 5.74) is 1.09. The zero-order valence-corrected chi connectivity index (χ0v) is 14.9. The predicted octanol–water partition coefficient (Wildman–Crippen LogP) is 4.34. The summed E-state index contributed by atoms with van der Waals surface area (Å²) in [6.07, 6.45) is 0. The Bertz CT molecular complexity index is 588. The van der Waals surface area contributed by atoms with E-state index in [2.05, 4.69) is 43.8 Å². The van der Waals surface area contributed by atoms with E-state index in [1.807, 2.05) is 13.8 Å². The first kappa shape index (κ1) is 17.7. The zero-order valence-electron chi connectivity index (χ0n) is 11.7. The molecule has 7 heteroatoms. The van der Waals surface area contributed by atoms with Crippen molar-refractivity contribution in [1.29, 1.82) is 0 Å². The molecule has 2 N–H and O–H groups in total. The summed E-state index contributed by atoms with van der Waals surface area (Å²) < 4.78 is 1.10. The minimum absolute atomic E-state index is 0.0102. The Labute approximate surface area is 140 Å². The van der Waals surface area contributed by atoms with E-state index in [0.717, 1.165) is 5.57 Å². The normalized spacial score (nSPS) is 10.1. The lowest BCUT2D eigenvalue weighted by Gasteiger charge is -2.22.